The number of aromatic nitrogens is 1. The molecule has 0 amide bonds. The minimum absolute atomic E-state index is 0.723. The molecule has 13 heavy (non-hydrogen) atoms. The second-order valence-electron chi connectivity index (χ2n) is 3.03. The van der Waals surface area contributed by atoms with Gasteiger partial charge in [0.2, 0.25) is 0 Å². The third-order valence-corrected chi connectivity index (χ3v) is 1.75. The molecule has 0 fully saturated rings. The molecule has 70 valence electrons. The minimum atomic E-state index is 0.723. The van der Waals surface area contributed by atoms with Gasteiger partial charge >= 0.3 is 0 Å². The second kappa shape index (κ2) is 4.37. The van der Waals surface area contributed by atoms with E-state index >= 15 is 0 Å². The summed E-state index contributed by atoms with van der Waals surface area (Å²) < 4.78 is 0.818. The Balaban J connectivity index is 2.89. The number of rotatable bonds is 2. The Labute approximate surface area is 86.6 Å². The lowest BCUT2D eigenvalue weighted by molar-refractivity contribution is 0.643. The summed E-state index contributed by atoms with van der Waals surface area (Å²) in [5, 5.41) is 0. The molecule has 0 saturated heterocycles. The van der Waals surface area contributed by atoms with E-state index < -0.39 is 0 Å². The monoisotopic (exact) mass is 241 g/mol. The Kier molecular flexibility index (Phi) is 3.42. The standard InChI is InChI=1S/C9H12BrN3/c1-7-4-8(10)12-9(5-7)11-6-13(2)3/h4-6H,1-3H3. The molecule has 0 aromatic carbocycles. The van der Waals surface area contributed by atoms with Crippen molar-refractivity contribution in [1.29, 1.82) is 0 Å². The van der Waals surface area contributed by atoms with Gasteiger partial charge in [0, 0.05) is 14.1 Å². The van der Waals surface area contributed by atoms with Crippen LogP contribution in [0.15, 0.2) is 21.7 Å². The van der Waals surface area contributed by atoms with Gasteiger partial charge in [-0.25, -0.2) is 9.98 Å². The molecular weight excluding hydrogens is 230 g/mol. The Bertz CT molecular complexity index is 300. The van der Waals surface area contributed by atoms with Crippen LogP contribution < -0.4 is 0 Å². The molecule has 0 bridgehead atoms. The SMILES string of the molecule is Cc1cc(Br)nc(N=CN(C)C)c1. The van der Waals surface area contributed by atoms with Crippen molar-refractivity contribution in [1.82, 2.24) is 9.88 Å². The lowest BCUT2D eigenvalue weighted by Crippen LogP contribution is -2.07. The van der Waals surface area contributed by atoms with E-state index in [1.807, 2.05) is 38.1 Å². The molecule has 1 rings (SSSR count). The summed E-state index contributed by atoms with van der Waals surface area (Å²) in [4.78, 5) is 10.3. The molecule has 3 nitrogen and oxygen atoms in total. The van der Waals surface area contributed by atoms with Gasteiger partial charge in [0.1, 0.15) is 4.60 Å². The van der Waals surface area contributed by atoms with Crippen LogP contribution in [-0.2, 0) is 0 Å². The first-order valence-corrected chi connectivity index (χ1v) is 4.72. The number of halogens is 1. The largest absolute Gasteiger partial charge is 0.369 e. The lowest BCUT2D eigenvalue weighted by atomic mass is 10.3. The lowest BCUT2D eigenvalue weighted by Gasteiger charge is -2.02. The van der Waals surface area contributed by atoms with E-state index in [9.17, 15) is 0 Å². The highest BCUT2D eigenvalue weighted by atomic mass is 79.9. The first-order valence-electron chi connectivity index (χ1n) is 3.93. The smallest absolute Gasteiger partial charge is 0.155 e. The van der Waals surface area contributed by atoms with Crippen molar-refractivity contribution in [2.24, 2.45) is 4.99 Å². The Morgan fingerprint density at radius 3 is 2.69 bits per heavy atom. The molecule has 0 unspecified atom stereocenters. The Hall–Kier alpha value is -0.900. The van der Waals surface area contributed by atoms with Crippen LogP contribution in [0.25, 0.3) is 0 Å². The predicted molar refractivity (Wildman–Crippen MR) is 58.5 cm³/mol. The van der Waals surface area contributed by atoms with Crippen molar-refractivity contribution in [3.05, 3.63) is 22.3 Å². The van der Waals surface area contributed by atoms with Gasteiger partial charge in [-0.05, 0) is 40.5 Å². The third-order valence-electron chi connectivity index (χ3n) is 1.35. The molecule has 0 N–H and O–H groups in total. The van der Waals surface area contributed by atoms with Crippen LogP contribution >= 0.6 is 15.9 Å². The van der Waals surface area contributed by atoms with Gasteiger partial charge in [-0.15, -0.1) is 0 Å². The molecule has 0 radical (unpaired) electrons. The zero-order valence-electron chi connectivity index (χ0n) is 7.95. The zero-order chi connectivity index (χ0) is 9.84. The first kappa shape index (κ1) is 10.2. The Morgan fingerprint density at radius 1 is 1.46 bits per heavy atom. The summed E-state index contributed by atoms with van der Waals surface area (Å²) in [6.07, 6.45) is 1.73. The van der Waals surface area contributed by atoms with Crippen LogP contribution in [-0.4, -0.2) is 30.3 Å². The second-order valence-corrected chi connectivity index (χ2v) is 3.85. The minimum Gasteiger partial charge on any atom is -0.369 e. The van der Waals surface area contributed by atoms with Crippen LogP contribution in [0.3, 0.4) is 0 Å². The Morgan fingerprint density at radius 2 is 2.15 bits per heavy atom. The molecule has 0 saturated carbocycles. The van der Waals surface area contributed by atoms with Gasteiger partial charge in [-0.1, -0.05) is 0 Å². The molecule has 1 aromatic heterocycles. The maximum atomic E-state index is 4.20. The molecule has 0 spiro atoms. The van der Waals surface area contributed by atoms with Crippen LogP contribution in [0, 0.1) is 6.92 Å². The molecule has 0 aliphatic heterocycles. The third kappa shape index (κ3) is 3.55. The van der Waals surface area contributed by atoms with E-state index in [2.05, 4.69) is 25.9 Å². The van der Waals surface area contributed by atoms with Crippen molar-refractivity contribution in [2.75, 3.05) is 14.1 Å². The van der Waals surface area contributed by atoms with E-state index in [1.165, 1.54) is 0 Å². The topological polar surface area (TPSA) is 28.5 Å². The maximum Gasteiger partial charge on any atom is 0.155 e. The highest BCUT2D eigenvalue weighted by Crippen LogP contribution is 2.15. The van der Waals surface area contributed by atoms with E-state index in [-0.39, 0.29) is 0 Å². The summed E-state index contributed by atoms with van der Waals surface area (Å²) in [6.45, 7) is 2.02. The van der Waals surface area contributed by atoms with Crippen LogP contribution in [0.4, 0.5) is 5.82 Å². The number of hydrogen-bond acceptors (Lipinski definition) is 2. The van der Waals surface area contributed by atoms with Gasteiger partial charge in [0.15, 0.2) is 5.82 Å². The summed E-state index contributed by atoms with van der Waals surface area (Å²) in [5.74, 6) is 0.723. The zero-order valence-corrected chi connectivity index (χ0v) is 9.54. The maximum absolute atomic E-state index is 4.20. The van der Waals surface area contributed by atoms with Gasteiger partial charge in [-0.3, -0.25) is 0 Å². The van der Waals surface area contributed by atoms with E-state index in [0.717, 1.165) is 16.0 Å². The molecule has 1 aromatic rings. The first-order chi connectivity index (χ1) is 6.08. The van der Waals surface area contributed by atoms with E-state index in [4.69, 9.17) is 0 Å². The summed E-state index contributed by atoms with van der Waals surface area (Å²) in [5.41, 5.74) is 1.15. The van der Waals surface area contributed by atoms with Crippen LogP contribution in [0.5, 0.6) is 0 Å². The molecule has 0 atom stereocenters. The van der Waals surface area contributed by atoms with E-state index in [1.54, 1.807) is 6.34 Å². The number of aryl methyl sites for hydroxylation is 1. The van der Waals surface area contributed by atoms with Gasteiger partial charge < -0.3 is 4.90 Å². The highest BCUT2D eigenvalue weighted by Gasteiger charge is 1.94. The van der Waals surface area contributed by atoms with Crippen molar-refractivity contribution < 1.29 is 0 Å². The van der Waals surface area contributed by atoms with Gasteiger partial charge in [0.25, 0.3) is 0 Å². The van der Waals surface area contributed by atoms with Gasteiger partial charge in [-0.2, -0.15) is 0 Å². The molecule has 0 aliphatic carbocycles. The van der Waals surface area contributed by atoms with Crippen molar-refractivity contribution in [3.8, 4) is 0 Å². The van der Waals surface area contributed by atoms with Crippen LogP contribution in [0.2, 0.25) is 0 Å². The normalized spacial score (nSPS) is 10.8. The van der Waals surface area contributed by atoms with E-state index in [0.29, 0.717) is 0 Å². The quantitative estimate of drug-likeness (QED) is 0.452. The number of pyridine rings is 1. The summed E-state index contributed by atoms with van der Waals surface area (Å²) in [7, 11) is 3.85. The summed E-state index contributed by atoms with van der Waals surface area (Å²) in [6, 6.07) is 3.89. The van der Waals surface area contributed by atoms with Crippen molar-refractivity contribution >= 4 is 28.1 Å². The molecule has 0 aliphatic rings. The van der Waals surface area contributed by atoms with Crippen molar-refractivity contribution in [2.45, 2.75) is 6.92 Å². The highest BCUT2D eigenvalue weighted by molar-refractivity contribution is 9.10. The number of aliphatic imine (C=N–C) groups is 1. The average molecular weight is 242 g/mol. The fourth-order valence-electron chi connectivity index (χ4n) is 0.848. The summed E-state index contributed by atoms with van der Waals surface area (Å²) >= 11 is 3.32. The number of nitrogens with zero attached hydrogens (tertiary/aromatic N) is 3. The molecule has 1 heterocycles. The molecular formula is C9H12BrN3. The fraction of sp³-hybridized carbons (Fsp3) is 0.333. The van der Waals surface area contributed by atoms with Crippen molar-refractivity contribution in [3.63, 3.8) is 0 Å². The fourth-order valence-corrected chi connectivity index (χ4v) is 1.39. The predicted octanol–water partition coefficient (Wildman–Crippen LogP) is 2.37. The average Bonchev–Trinajstić information content (AvgIpc) is 1.99. The number of hydrogen-bond donors (Lipinski definition) is 0. The van der Waals surface area contributed by atoms with Gasteiger partial charge in [0.05, 0.1) is 6.34 Å². The molecule has 4 heteroatoms. The van der Waals surface area contributed by atoms with Crippen LogP contribution in [0.1, 0.15) is 5.56 Å².